The van der Waals surface area contributed by atoms with E-state index in [9.17, 15) is 23.7 Å². The van der Waals surface area contributed by atoms with Crippen LogP contribution in [0, 0.1) is 27.7 Å². The lowest BCUT2D eigenvalue weighted by atomic mass is 10.0. The van der Waals surface area contributed by atoms with Gasteiger partial charge >= 0.3 is 5.97 Å². The molecule has 1 aliphatic heterocycles. The smallest absolute Gasteiger partial charge is 0.308 e. The van der Waals surface area contributed by atoms with Crippen LogP contribution in [0.2, 0.25) is 0 Å². The van der Waals surface area contributed by atoms with E-state index >= 15 is 0 Å². The van der Waals surface area contributed by atoms with Crippen molar-refractivity contribution in [3.05, 3.63) is 33.9 Å². The highest BCUT2D eigenvalue weighted by atomic mass is 19.2. The third-order valence-corrected chi connectivity index (χ3v) is 3.60. The number of hydrogen-bond donors (Lipinski definition) is 1. The monoisotopic (exact) mass is 286 g/mol. The number of benzene rings is 1. The van der Waals surface area contributed by atoms with Crippen molar-refractivity contribution in [1.82, 2.24) is 0 Å². The zero-order valence-electron chi connectivity index (χ0n) is 10.5. The van der Waals surface area contributed by atoms with E-state index in [2.05, 4.69) is 0 Å². The average Bonchev–Trinajstić information content (AvgIpc) is 2.74. The molecule has 0 aliphatic carbocycles. The van der Waals surface area contributed by atoms with Gasteiger partial charge in [-0.25, -0.2) is 8.78 Å². The average molecular weight is 286 g/mol. The molecule has 1 saturated heterocycles. The predicted octanol–water partition coefficient (Wildman–Crippen LogP) is 2.17. The van der Waals surface area contributed by atoms with Crippen LogP contribution in [0.25, 0.3) is 0 Å². The Labute approximate surface area is 112 Å². The molecule has 20 heavy (non-hydrogen) atoms. The van der Waals surface area contributed by atoms with Crippen LogP contribution in [0.15, 0.2) is 12.1 Å². The molecule has 2 rings (SSSR count). The summed E-state index contributed by atoms with van der Waals surface area (Å²) < 4.78 is 27.2. The molecule has 0 spiro atoms. The highest BCUT2D eigenvalue weighted by molar-refractivity contribution is 5.74. The quantitative estimate of drug-likeness (QED) is 0.680. The minimum Gasteiger partial charge on any atom is -0.481 e. The van der Waals surface area contributed by atoms with E-state index in [4.69, 9.17) is 5.11 Å². The molecular weight excluding hydrogens is 274 g/mol. The summed E-state index contributed by atoms with van der Waals surface area (Å²) in [5.41, 5.74) is -1.05. The second-order valence-electron chi connectivity index (χ2n) is 4.65. The van der Waals surface area contributed by atoms with E-state index in [1.165, 1.54) is 11.8 Å². The first-order chi connectivity index (χ1) is 9.34. The van der Waals surface area contributed by atoms with Gasteiger partial charge in [0.1, 0.15) is 0 Å². The summed E-state index contributed by atoms with van der Waals surface area (Å²) in [6, 6.07) is 0.920. The van der Waals surface area contributed by atoms with Crippen LogP contribution >= 0.6 is 0 Å². The largest absolute Gasteiger partial charge is 0.481 e. The molecule has 6 nitrogen and oxygen atoms in total. The molecule has 2 atom stereocenters. The number of anilines is 1. The number of rotatable bonds is 3. The van der Waals surface area contributed by atoms with Gasteiger partial charge in [0.25, 0.3) is 5.69 Å². The number of halogens is 2. The lowest BCUT2D eigenvalue weighted by Gasteiger charge is -2.25. The second kappa shape index (κ2) is 5.03. The van der Waals surface area contributed by atoms with Crippen molar-refractivity contribution in [2.75, 3.05) is 11.4 Å². The van der Waals surface area contributed by atoms with Crippen molar-refractivity contribution >= 4 is 17.3 Å². The third-order valence-electron chi connectivity index (χ3n) is 3.60. The molecule has 1 N–H and O–H groups in total. The van der Waals surface area contributed by atoms with Gasteiger partial charge in [-0.2, -0.15) is 0 Å². The number of nitrogens with zero attached hydrogens (tertiary/aromatic N) is 2. The summed E-state index contributed by atoms with van der Waals surface area (Å²) in [6.07, 6.45) is 0.226. The SMILES string of the molecule is CC1C(C(=O)O)CCN1c1c([N+](=O)[O-])ccc(F)c1F. The van der Waals surface area contributed by atoms with E-state index in [-0.39, 0.29) is 13.0 Å². The number of aliphatic carboxylic acids is 1. The Kier molecular flexibility index (Phi) is 3.56. The molecule has 1 heterocycles. The molecule has 1 aromatic carbocycles. The maximum atomic E-state index is 13.9. The van der Waals surface area contributed by atoms with Crippen LogP contribution in [-0.4, -0.2) is 28.6 Å². The molecule has 0 bridgehead atoms. The summed E-state index contributed by atoms with van der Waals surface area (Å²) in [6.45, 7) is 1.65. The second-order valence-corrected chi connectivity index (χ2v) is 4.65. The molecule has 1 fully saturated rings. The van der Waals surface area contributed by atoms with E-state index in [0.717, 1.165) is 6.07 Å². The van der Waals surface area contributed by atoms with E-state index in [1.807, 2.05) is 0 Å². The number of carbonyl (C=O) groups is 1. The van der Waals surface area contributed by atoms with E-state index in [1.54, 1.807) is 0 Å². The highest BCUT2D eigenvalue weighted by Gasteiger charge is 2.40. The molecule has 1 aromatic rings. The Hall–Kier alpha value is -2.25. The van der Waals surface area contributed by atoms with Crippen molar-refractivity contribution in [2.45, 2.75) is 19.4 Å². The van der Waals surface area contributed by atoms with Crippen LogP contribution in [0.1, 0.15) is 13.3 Å². The fourth-order valence-corrected chi connectivity index (χ4v) is 2.54. The van der Waals surface area contributed by atoms with Gasteiger partial charge in [-0.05, 0) is 19.4 Å². The topological polar surface area (TPSA) is 83.7 Å². The standard InChI is InChI=1S/C12H12F2N2O4/c1-6-7(12(17)18)4-5-15(6)11-9(16(19)20)3-2-8(13)10(11)14/h2-3,6-7H,4-5H2,1H3,(H,17,18). The minimum absolute atomic E-state index is 0.124. The van der Waals surface area contributed by atoms with Crippen molar-refractivity contribution in [2.24, 2.45) is 5.92 Å². The lowest BCUT2D eigenvalue weighted by molar-refractivity contribution is -0.384. The predicted molar refractivity (Wildman–Crippen MR) is 65.6 cm³/mol. The molecular formula is C12H12F2N2O4. The summed E-state index contributed by atoms with van der Waals surface area (Å²) in [5, 5.41) is 20.0. The Balaban J connectivity index is 2.50. The van der Waals surface area contributed by atoms with Gasteiger partial charge < -0.3 is 10.0 Å². The van der Waals surface area contributed by atoms with Gasteiger partial charge in [0.05, 0.1) is 10.8 Å². The Morgan fingerprint density at radius 1 is 1.50 bits per heavy atom. The molecule has 1 aliphatic rings. The summed E-state index contributed by atoms with van der Waals surface area (Å²) in [4.78, 5) is 22.4. The van der Waals surface area contributed by atoms with Crippen LogP contribution in [0.4, 0.5) is 20.2 Å². The Morgan fingerprint density at radius 2 is 2.15 bits per heavy atom. The van der Waals surface area contributed by atoms with Crippen LogP contribution in [0.5, 0.6) is 0 Å². The number of carboxylic acids is 1. The van der Waals surface area contributed by atoms with Crippen molar-refractivity contribution in [3.8, 4) is 0 Å². The fourth-order valence-electron chi connectivity index (χ4n) is 2.54. The van der Waals surface area contributed by atoms with Crippen molar-refractivity contribution in [3.63, 3.8) is 0 Å². The fraction of sp³-hybridized carbons (Fsp3) is 0.417. The number of nitro groups is 1. The number of nitro benzene ring substituents is 1. The van der Waals surface area contributed by atoms with Gasteiger partial charge in [-0.3, -0.25) is 14.9 Å². The summed E-state index contributed by atoms with van der Waals surface area (Å²) in [7, 11) is 0. The van der Waals surface area contributed by atoms with Gasteiger partial charge in [0.2, 0.25) is 0 Å². The Morgan fingerprint density at radius 3 is 2.65 bits per heavy atom. The molecule has 2 unspecified atom stereocenters. The van der Waals surface area contributed by atoms with Gasteiger partial charge in [0.15, 0.2) is 17.3 Å². The number of carboxylic acid groups (broad SMARTS) is 1. The Bertz CT molecular complexity index is 579. The van der Waals surface area contributed by atoms with Crippen LogP contribution < -0.4 is 4.90 Å². The van der Waals surface area contributed by atoms with E-state index < -0.39 is 45.9 Å². The minimum atomic E-state index is -1.32. The first-order valence-corrected chi connectivity index (χ1v) is 5.96. The maximum absolute atomic E-state index is 13.9. The first-order valence-electron chi connectivity index (χ1n) is 5.96. The molecule has 108 valence electrons. The van der Waals surface area contributed by atoms with Gasteiger partial charge in [-0.15, -0.1) is 0 Å². The van der Waals surface area contributed by atoms with Crippen LogP contribution in [0.3, 0.4) is 0 Å². The van der Waals surface area contributed by atoms with E-state index in [0.29, 0.717) is 6.07 Å². The molecule has 8 heteroatoms. The zero-order chi connectivity index (χ0) is 15.0. The normalized spacial score (nSPS) is 22.1. The molecule has 0 aromatic heterocycles. The van der Waals surface area contributed by atoms with Gasteiger partial charge in [-0.1, -0.05) is 0 Å². The maximum Gasteiger partial charge on any atom is 0.308 e. The lowest BCUT2D eigenvalue weighted by Crippen LogP contribution is -2.34. The summed E-state index contributed by atoms with van der Waals surface area (Å²) in [5.74, 6) is -4.34. The van der Waals surface area contributed by atoms with Crippen molar-refractivity contribution < 1.29 is 23.6 Å². The molecule has 0 saturated carbocycles. The van der Waals surface area contributed by atoms with Crippen LogP contribution in [-0.2, 0) is 4.79 Å². The zero-order valence-corrected chi connectivity index (χ0v) is 10.5. The molecule has 0 amide bonds. The third kappa shape index (κ3) is 2.17. The number of hydrogen-bond acceptors (Lipinski definition) is 4. The molecule has 0 radical (unpaired) electrons. The first kappa shape index (κ1) is 14.2. The summed E-state index contributed by atoms with van der Waals surface area (Å²) >= 11 is 0. The van der Waals surface area contributed by atoms with Gasteiger partial charge in [0, 0.05) is 18.7 Å². The van der Waals surface area contributed by atoms with Crippen molar-refractivity contribution in [1.29, 1.82) is 0 Å². The highest BCUT2D eigenvalue weighted by Crippen LogP contribution is 2.38.